The molecule has 6 aromatic rings. The van der Waals surface area contributed by atoms with Crippen LogP contribution >= 0.6 is 14.3 Å². The third kappa shape index (κ3) is 5.35. The molecular formula is C42H38O2P2. The van der Waals surface area contributed by atoms with Gasteiger partial charge in [0, 0.05) is 37.2 Å². The van der Waals surface area contributed by atoms with Crippen LogP contribution in [0.2, 0.25) is 0 Å². The Morgan fingerprint density at radius 2 is 0.587 bits per heavy atom. The van der Waals surface area contributed by atoms with Crippen LogP contribution in [0, 0.1) is 0 Å². The van der Waals surface area contributed by atoms with Gasteiger partial charge in [0.1, 0.15) is 0 Å². The van der Waals surface area contributed by atoms with E-state index in [4.69, 9.17) is 0 Å². The van der Waals surface area contributed by atoms with E-state index in [2.05, 4.69) is 48.5 Å². The molecule has 2 nitrogen and oxygen atoms in total. The van der Waals surface area contributed by atoms with Gasteiger partial charge in [0.25, 0.3) is 0 Å². The van der Waals surface area contributed by atoms with Crippen molar-refractivity contribution in [2.75, 3.05) is 0 Å². The second-order valence-corrected chi connectivity index (χ2v) is 17.8. The van der Waals surface area contributed by atoms with Crippen molar-refractivity contribution < 1.29 is 9.13 Å². The van der Waals surface area contributed by atoms with E-state index in [9.17, 15) is 9.13 Å². The molecule has 1 aliphatic rings. The highest BCUT2D eigenvalue weighted by Gasteiger charge is 2.38. The van der Waals surface area contributed by atoms with Crippen molar-refractivity contribution in [2.45, 2.75) is 37.5 Å². The molecule has 0 heterocycles. The van der Waals surface area contributed by atoms with Crippen LogP contribution in [0.4, 0.5) is 0 Å². The van der Waals surface area contributed by atoms with Crippen molar-refractivity contribution in [1.29, 1.82) is 0 Å². The maximum absolute atomic E-state index is 15.0. The lowest BCUT2D eigenvalue weighted by Crippen LogP contribution is -2.32. The molecule has 0 saturated heterocycles. The van der Waals surface area contributed by atoms with Gasteiger partial charge in [-0.25, -0.2) is 0 Å². The van der Waals surface area contributed by atoms with Crippen LogP contribution in [-0.2, 0) is 14.5 Å². The summed E-state index contributed by atoms with van der Waals surface area (Å²) in [4.78, 5) is 0. The number of benzene rings is 6. The minimum atomic E-state index is -3.05. The van der Waals surface area contributed by atoms with E-state index < -0.39 is 14.3 Å². The minimum Gasteiger partial charge on any atom is -0.309 e. The Hall–Kier alpha value is -4.22. The van der Waals surface area contributed by atoms with Crippen molar-refractivity contribution in [3.63, 3.8) is 0 Å². The molecule has 228 valence electrons. The third-order valence-electron chi connectivity index (χ3n) is 9.75. The molecule has 0 aliphatic heterocycles. The zero-order valence-corrected chi connectivity index (χ0v) is 27.7. The lowest BCUT2D eigenvalue weighted by molar-refractivity contribution is 0.346. The van der Waals surface area contributed by atoms with E-state index in [1.165, 1.54) is 17.5 Å². The van der Waals surface area contributed by atoms with Gasteiger partial charge in [0.15, 0.2) is 14.3 Å². The molecule has 0 radical (unpaired) electrons. The van der Waals surface area contributed by atoms with Gasteiger partial charge in [-0.2, -0.15) is 0 Å². The Morgan fingerprint density at radius 3 is 0.870 bits per heavy atom. The standard InChI is InChI=1S/C42H38O2P2/c43-45(36-16-6-1-7-17-36,37-18-8-2-9-19-37)40-28-24-34(25-29-40)42(32-14-5-15-33-42)35-26-30-41(31-27-35)46(44,38-20-10-3-11-21-38)39-22-12-4-13-23-39/h1-4,6-13,16-31H,5,14-15,32-33H2. The van der Waals surface area contributed by atoms with Crippen LogP contribution in [0.1, 0.15) is 43.2 Å². The smallest absolute Gasteiger partial charge is 0.171 e. The van der Waals surface area contributed by atoms with Crippen molar-refractivity contribution in [1.82, 2.24) is 0 Å². The van der Waals surface area contributed by atoms with E-state index in [1.807, 2.05) is 121 Å². The van der Waals surface area contributed by atoms with Crippen LogP contribution in [0.15, 0.2) is 170 Å². The summed E-state index contributed by atoms with van der Waals surface area (Å²) in [5.74, 6) is 0. The van der Waals surface area contributed by atoms with Crippen molar-refractivity contribution >= 4 is 46.1 Å². The van der Waals surface area contributed by atoms with Crippen LogP contribution in [0.25, 0.3) is 0 Å². The minimum absolute atomic E-state index is 0.151. The summed E-state index contributed by atoms with van der Waals surface area (Å²) in [6.45, 7) is 0. The topological polar surface area (TPSA) is 34.1 Å². The lowest BCUT2D eigenvalue weighted by Gasteiger charge is -2.39. The first-order valence-electron chi connectivity index (χ1n) is 16.2. The molecule has 1 fully saturated rings. The average molecular weight is 637 g/mol. The zero-order chi connectivity index (χ0) is 31.5. The lowest BCUT2D eigenvalue weighted by atomic mass is 9.65. The molecule has 0 atom stereocenters. The van der Waals surface area contributed by atoms with Gasteiger partial charge in [0.2, 0.25) is 0 Å². The Bertz CT molecular complexity index is 1750. The fraction of sp³-hybridized carbons (Fsp3) is 0.143. The Kier molecular flexibility index (Phi) is 8.52. The summed E-state index contributed by atoms with van der Waals surface area (Å²) >= 11 is 0. The van der Waals surface area contributed by atoms with E-state index in [0.29, 0.717) is 0 Å². The normalized spacial score (nSPS) is 14.9. The van der Waals surface area contributed by atoms with Gasteiger partial charge in [0.05, 0.1) is 0 Å². The first kappa shape index (κ1) is 30.4. The van der Waals surface area contributed by atoms with E-state index in [0.717, 1.165) is 57.5 Å². The fourth-order valence-electron chi connectivity index (χ4n) is 7.33. The molecule has 0 aromatic heterocycles. The molecule has 4 heteroatoms. The van der Waals surface area contributed by atoms with Crippen molar-refractivity contribution in [3.05, 3.63) is 181 Å². The van der Waals surface area contributed by atoms with Crippen molar-refractivity contribution in [2.24, 2.45) is 0 Å². The molecule has 6 aromatic carbocycles. The summed E-state index contributed by atoms with van der Waals surface area (Å²) in [6.07, 6.45) is 5.64. The highest BCUT2D eigenvalue weighted by atomic mass is 31.2. The summed E-state index contributed by atoms with van der Waals surface area (Å²) in [7, 11) is -6.09. The van der Waals surface area contributed by atoms with Gasteiger partial charge >= 0.3 is 0 Å². The molecule has 0 bridgehead atoms. The molecule has 0 spiro atoms. The molecule has 0 unspecified atom stereocenters. The van der Waals surface area contributed by atoms with E-state index in [-0.39, 0.29) is 5.41 Å². The summed E-state index contributed by atoms with van der Waals surface area (Å²) < 4.78 is 30.0. The second-order valence-electron chi connectivity index (χ2n) is 12.3. The van der Waals surface area contributed by atoms with Gasteiger partial charge in [-0.1, -0.05) is 189 Å². The number of rotatable bonds is 8. The Labute approximate surface area is 272 Å². The highest BCUT2D eigenvalue weighted by molar-refractivity contribution is 7.85. The van der Waals surface area contributed by atoms with Gasteiger partial charge in [-0.15, -0.1) is 0 Å². The SMILES string of the molecule is O=P(c1ccccc1)(c1ccccc1)c1ccc(C2(c3ccc(P(=O)(c4ccccc4)c4ccccc4)cc3)CCCCC2)cc1. The predicted octanol–water partition coefficient (Wildman–Crippen LogP) is 8.22. The average Bonchev–Trinajstić information content (AvgIpc) is 3.16. The largest absolute Gasteiger partial charge is 0.309 e. The van der Waals surface area contributed by atoms with E-state index in [1.54, 1.807) is 0 Å². The monoisotopic (exact) mass is 636 g/mol. The van der Waals surface area contributed by atoms with Crippen molar-refractivity contribution in [3.8, 4) is 0 Å². The van der Waals surface area contributed by atoms with E-state index >= 15 is 0 Å². The quantitative estimate of drug-likeness (QED) is 0.158. The summed E-state index contributed by atoms with van der Waals surface area (Å²) in [6, 6.07) is 56.7. The highest BCUT2D eigenvalue weighted by Crippen LogP contribution is 2.48. The number of hydrogen-bond donors (Lipinski definition) is 0. The summed E-state index contributed by atoms with van der Waals surface area (Å²) in [5.41, 5.74) is 2.36. The van der Waals surface area contributed by atoms with Gasteiger partial charge in [-0.3, -0.25) is 0 Å². The van der Waals surface area contributed by atoms with Crippen LogP contribution < -0.4 is 31.8 Å². The van der Waals surface area contributed by atoms with Gasteiger partial charge < -0.3 is 9.13 Å². The zero-order valence-electron chi connectivity index (χ0n) is 25.9. The molecule has 7 rings (SSSR count). The second kappa shape index (κ2) is 12.9. The van der Waals surface area contributed by atoms with Crippen LogP contribution in [-0.4, -0.2) is 0 Å². The Morgan fingerprint density at radius 1 is 0.326 bits per heavy atom. The Balaban J connectivity index is 1.30. The third-order valence-corrected chi connectivity index (χ3v) is 15.9. The predicted molar refractivity (Wildman–Crippen MR) is 196 cm³/mol. The first-order valence-corrected chi connectivity index (χ1v) is 19.6. The maximum atomic E-state index is 15.0. The number of hydrogen-bond acceptors (Lipinski definition) is 2. The first-order chi connectivity index (χ1) is 22.5. The molecule has 46 heavy (non-hydrogen) atoms. The molecule has 0 N–H and O–H groups in total. The molecule has 0 amide bonds. The van der Waals surface area contributed by atoms with Gasteiger partial charge in [-0.05, 0) is 24.0 Å². The maximum Gasteiger partial charge on any atom is 0.171 e. The fourth-order valence-corrected chi connectivity index (χ4v) is 12.6. The molecule has 1 saturated carbocycles. The van der Waals surface area contributed by atoms with Crippen LogP contribution in [0.3, 0.4) is 0 Å². The summed E-state index contributed by atoms with van der Waals surface area (Å²) in [5, 5.41) is 5.08. The van der Waals surface area contributed by atoms with Crippen LogP contribution in [0.5, 0.6) is 0 Å². The molecule has 1 aliphatic carbocycles. The molecular weight excluding hydrogens is 598 g/mol.